The van der Waals surface area contributed by atoms with Gasteiger partial charge >= 0.3 is 0 Å². The summed E-state index contributed by atoms with van der Waals surface area (Å²) in [5.41, 5.74) is -0.677. The summed E-state index contributed by atoms with van der Waals surface area (Å²) in [6.45, 7) is 5.39. The Morgan fingerprint density at radius 2 is 2.08 bits per heavy atom. The minimum atomic E-state index is -0.677. The van der Waals surface area contributed by atoms with Crippen LogP contribution in [0.2, 0.25) is 0 Å². The number of nitrogens with one attached hydrogen (secondary N) is 1. The van der Waals surface area contributed by atoms with Crippen molar-refractivity contribution in [3.63, 3.8) is 0 Å². The van der Waals surface area contributed by atoms with Crippen molar-refractivity contribution in [1.82, 2.24) is 10.2 Å². The van der Waals surface area contributed by atoms with Gasteiger partial charge in [-0.2, -0.15) is 0 Å². The smallest absolute Gasteiger partial charge is 0.246 e. The predicted molar refractivity (Wildman–Crippen MR) is 49.1 cm³/mol. The number of hydrogen-bond acceptors (Lipinski definition) is 2. The number of hydrogen-bond donors (Lipinski definition) is 1. The molecule has 1 rings (SSSR count). The summed E-state index contributed by atoms with van der Waals surface area (Å²) in [4.78, 5) is 24.7. The Morgan fingerprint density at radius 1 is 1.54 bits per heavy atom. The van der Waals surface area contributed by atoms with E-state index in [-0.39, 0.29) is 11.8 Å². The van der Waals surface area contributed by atoms with Crippen LogP contribution in [0.15, 0.2) is 0 Å². The quantitative estimate of drug-likeness (QED) is 0.630. The first kappa shape index (κ1) is 10.0. The average Bonchev–Trinajstić information content (AvgIpc) is 2.11. The molecule has 4 nitrogen and oxygen atoms in total. The SMILES string of the molecule is CCC1(C)C(=O)NC(C)C(=O)N1C. The van der Waals surface area contributed by atoms with Crippen molar-refractivity contribution in [2.24, 2.45) is 0 Å². The summed E-state index contributed by atoms with van der Waals surface area (Å²) < 4.78 is 0. The molecule has 0 aromatic heterocycles. The Bertz CT molecular complexity index is 252. The van der Waals surface area contributed by atoms with Crippen LogP contribution in [0.3, 0.4) is 0 Å². The van der Waals surface area contributed by atoms with E-state index in [1.54, 1.807) is 20.9 Å². The van der Waals surface area contributed by atoms with Crippen LogP contribution < -0.4 is 5.32 Å². The zero-order valence-corrected chi connectivity index (χ0v) is 8.55. The summed E-state index contributed by atoms with van der Waals surface area (Å²) in [5, 5.41) is 2.67. The molecule has 1 aliphatic heterocycles. The lowest BCUT2D eigenvalue weighted by atomic mass is 9.92. The average molecular weight is 184 g/mol. The Labute approximate surface area is 78.3 Å². The standard InChI is InChI=1S/C9H16N2O2/c1-5-9(3)8(13)10-6(2)7(12)11(9)4/h6H,5H2,1-4H3,(H,10,13). The first-order chi connectivity index (χ1) is 5.93. The van der Waals surface area contributed by atoms with Gasteiger partial charge in [-0.25, -0.2) is 0 Å². The van der Waals surface area contributed by atoms with Crippen LogP contribution >= 0.6 is 0 Å². The van der Waals surface area contributed by atoms with Crippen molar-refractivity contribution in [3.8, 4) is 0 Å². The van der Waals surface area contributed by atoms with Crippen LogP contribution in [-0.2, 0) is 9.59 Å². The molecular formula is C9H16N2O2. The second-order valence-corrected chi connectivity index (χ2v) is 3.72. The van der Waals surface area contributed by atoms with Crippen LogP contribution in [0.1, 0.15) is 27.2 Å². The van der Waals surface area contributed by atoms with Gasteiger partial charge in [0.25, 0.3) is 0 Å². The first-order valence-electron chi connectivity index (χ1n) is 4.52. The lowest BCUT2D eigenvalue weighted by Crippen LogP contribution is -2.67. The Morgan fingerprint density at radius 3 is 2.54 bits per heavy atom. The van der Waals surface area contributed by atoms with Crippen molar-refractivity contribution < 1.29 is 9.59 Å². The molecule has 2 amide bonds. The van der Waals surface area contributed by atoms with Gasteiger partial charge < -0.3 is 10.2 Å². The highest BCUT2D eigenvalue weighted by atomic mass is 16.2. The van der Waals surface area contributed by atoms with E-state index in [0.717, 1.165) is 0 Å². The molecule has 2 atom stereocenters. The topological polar surface area (TPSA) is 49.4 Å². The third kappa shape index (κ3) is 1.30. The molecular weight excluding hydrogens is 168 g/mol. The number of likely N-dealkylation sites (N-methyl/N-ethyl adjacent to an activating group) is 1. The minimum Gasteiger partial charge on any atom is -0.343 e. The monoisotopic (exact) mass is 184 g/mol. The Kier molecular flexibility index (Phi) is 2.32. The highest BCUT2D eigenvalue weighted by molar-refractivity contribution is 5.99. The number of rotatable bonds is 1. The van der Waals surface area contributed by atoms with Gasteiger partial charge in [0.2, 0.25) is 11.8 Å². The summed E-state index contributed by atoms with van der Waals surface area (Å²) >= 11 is 0. The van der Waals surface area contributed by atoms with Gasteiger partial charge in [0.1, 0.15) is 11.6 Å². The van der Waals surface area contributed by atoms with Crippen molar-refractivity contribution >= 4 is 11.8 Å². The third-order valence-corrected chi connectivity index (χ3v) is 2.97. The first-order valence-corrected chi connectivity index (χ1v) is 4.52. The van der Waals surface area contributed by atoms with Crippen molar-refractivity contribution in [1.29, 1.82) is 0 Å². The van der Waals surface area contributed by atoms with Crippen molar-refractivity contribution in [2.75, 3.05) is 7.05 Å². The second kappa shape index (κ2) is 3.01. The van der Waals surface area contributed by atoms with Gasteiger partial charge in [0, 0.05) is 7.05 Å². The molecule has 2 unspecified atom stereocenters. The number of piperazine rings is 1. The fourth-order valence-corrected chi connectivity index (χ4v) is 1.50. The molecule has 1 fully saturated rings. The molecule has 0 aliphatic carbocycles. The highest BCUT2D eigenvalue weighted by Crippen LogP contribution is 2.22. The van der Waals surface area contributed by atoms with Crippen molar-refractivity contribution in [2.45, 2.75) is 38.8 Å². The van der Waals surface area contributed by atoms with E-state index in [1.807, 2.05) is 6.92 Å². The fraction of sp³-hybridized carbons (Fsp3) is 0.778. The number of nitrogens with zero attached hydrogens (tertiary/aromatic N) is 1. The van der Waals surface area contributed by atoms with Crippen molar-refractivity contribution in [3.05, 3.63) is 0 Å². The molecule has 4 heteroatoms. The van der Waals surface area contributed by atoms with E-state index in [2.05, 4.69) is 5.32 Å². The number of carbonyl (C=O) groups excluding carboxylic acids is 2. The molecule has 1 aliphatic rings. The van der Waals surface area contributed by atoms with Crippen LogP contribution in [0.4, 0.5) is 0 Å². The highest BCUT2D eigenvalue weighted by Gasteiger charge is 2.44. The van der Waals surface area contributed by atoms with E-state index >= 15 is 0 Å². The largest absolute Gasteiger partial charge is 0.343 e. The van der Waals surface area contributed by atoms with Gasteiger partial charge in [0.15, 0.2) is 0 Å². The maximum Gasteiger partial charge on any atom is 0.246 e. The molecule has 1 N–H and O–H groups in total. The Balaban J connectivity index is 2.99. The summed E-state index contributed by atoms with van der Waals surface area (Å²) in [6.07, 6.45) is 0.633. The van der Waals surface area contributed by atoms with E-state index < -0.39 is 11.6 Å². The molecule has 0 bridgehead atoms. The normalized spacial score (nSPS) is 34.8. The van der Waals surface area contributed by atoms with Crippen LogP contribution in [0, 0.1) is 0 Å². The molecule has 0 aromatic carbocycles. The lowest BCUT2D eigenvalue weighted by molar-refractivity contribution is -0.154. The van der Waals surface area contributed by atoms with E-state index in [1.165, 1.54) is 4.90 Å². The third-order valence-electron chi connectivity index (χ3n) is 2.97. The minimum absolute atomic E-state index is 0.0241. The molecule has 0 spiro atoms. The molecule has 1 heterocycles. The molecule has 0 saturated carbocycles. The fourth-order valence-electron chi connectivity index (χ4n) is 1.50. The summed E-state index contributed by atoms with van der Waals surface area (Å²) in [5.74, 6) is -0.0893. The molecule has 0 radical (unpaired) electrons. The molecule has 1 saturated heterocycles. The number of carbonyl (C=O) groups is 2. The lowest BCUT2D eigenvalue weighted by Gasteiger charge is -2.43. The van der Waals surface area contributed by atoms with Gasteiger partial charge in [-0.1, -0.05) is 6.92 Å². The maximum absolute atomic E-state index is 11.6. The second-order valence-electron chi connectivity index (χ2n) is 3.72. The van der Waals surface area contributed by atoms with Gasteiger partial charge in [-0.3, -0.25) is 9.59 Å². The van der Waals surface area contributed by atoms with Crippen LogP contribution in [0.25, 0.3) is 0 Å². The van der Waals surface area contributed by atoms with Gasteiger partial charge in [0.05, 0.1) is 0 Å². The van der Waals surface area contributed by atoms with E-state index in [4.69, 9.17) is 0 Å². The number of amides is 2. The van der Waals surface area contributed by atoms with Crippen LogP contribution in [0.5, 0.6) is 0 Å². The zero-order valence-electron chi connectivity index (χ0n) is 8.55. The van der Waals surface area contributed by atoms with E-state index in [9.17, 15) is 9.59 Å². The van der Waals surface area contributed by atoms with Gasteiger partial charge in [-0.15, -0.1) is 0 Å². The maximum atomic E-state index is 11.6. The zero-order chi connectivity index (χ0) is 10.2. The molecule has 13 heavy (non-hydrogen) atoms. The predicted octanol–water partition coefficient (Wildman–Crippen LogP) is 0.132. The summed E-state index contributed by atoms with van der Waals surface area (Å²) in [7, 11) is 1.68. The van der Waals surface area contributed by atoms with Crippen LogP contribution in [-0.4, -0.2) is 35.3 Å². The Hall–Kier alpha value is -1.06. The summed E-state index contributed by atoms with van der Waals surface area (Å²) in [6, 6.07) is -0.392. The molecule has 74 valence electrons. The molecule has 0 aromatic rings. The van der Waals surface area contributed by atoms with E-state index in [0.29, 0.717) is 6.42 Å². The van der Waals surface area contributed by atoms with Gasteiger partial charge in [-0.05, 0) is 20.3 Å².